The zero-order chi connectivity index (χ0) is 16.7. The van der Waals surface area contributed by atoms with E-state index >= 15 is 0 Å². The van der Waals surface area contributed by atoms with E-state index in [1.54, 1.807) is 0 Å². The lowest BCUT2D eigenvalue weighted by atomic mass is 9.93. The highest BCUT2D eigenvalue weighted by molar-refractivity contribution is 7.56. The molecule has 2 saturated heterocycles. The van der Waals surface area contributed by atoms with Gasteiger partial charge in [0.25, 0.3) is 0 Å². The third-order valence-corrected chi connectivity index (χ3v) is 7.45. The largest absolute Gasteiger partial charge is 0.339 e. The lowest BCUT2D eigenvalue weighted by Crippen LogP contribution is -2.44. The van der Waals surface area contributed by atoms with Crippen LogP contribution >= 0.6 is 34.4 Å². The van der Waals surface area contributed by atoms with Crippen LogP contribution in [0.5, 0.6) is 0 Å². The van der Waals surface area contributed by atoms with E-state index in [1.807, 2.05) is 0 Å². The van der Waals surface area contributed by atoms with Gasteiger partial charge >= 0.3 is 34.4 Å². The SMILES string of the molecule is COP(OC)OP1OCC2(CO1)COP(OP(OC)OC)OC2. The molecule has 1 spiro atoms. The van der Waals surface area contributed by atoms with E-state index in [9.17, 15) is 0 Å². The maximum atomic E-state index is 5.60. The van der Waals surface area contributed by atoms with E-state index in [2.05, 4.69) is 0 Å². The minimum atomic E-state index is -1.50. The van der Waals surface area contributed by atoms with Gasteiger partial charge in [0.1, 0.15) is 0 Å². The molecule has 0 aromatic carbocycles. The Morgan fingerprint density at radius 3 is 1.22 bits per heavy atom. The summed E-state index contributed by atoms with van der Waals surface area (Å²) in [7, 11) is 0.0752. The Morgan fingerprint density at radius 1 is 0.652 bits per heavy atom. The van der Waals surface area contributed by atoms with Gasteiger partial charge < -0.3 is 36.2 Å². The quantitative estimate of drug-likeness (QED) is 0.551. The van der Waals surface area contributed by atoms with Crippen LogP contribution in [-0.2, 0) is 44.8 Å². The summed E-state index contributed by atoms with van der Waals surface area (Å²) < 4.78 is 53.3. The summed E-state index contributed by atoms with van der Waals surface area (Å²) in [5.74, 6) is 0. The summed E-state index contributed by atoms with van der Waals surface area (Å²) >= 11 is 0. The van der Waals surface area contributed by atoms with Gasteiger partial charge in [-0.1, -0.05) is 0 Å². The Bertz CT molecular complexity index is 293. The molecule has 0 aromatic heterocycles. The summed E-state index contributed by atoms with van der Waals surface area (Å²) in [6, 6.07) is 0. The highest BCUT2D eigenvalue weighted by Crippen LogP contribution is 2.61. The van der Waals surface area contributed by atoms with Crippen LogP contribution in [0.4, 0.5) is 0 Å². The van der Waals surface area contributed by atoms with Crippen LogP contribution in [0.2, 0.25) is 0 Å². The summed E-state index contributed by atoms with van der Waals surface area (Å²) in [5, 5.41) is 0. The van der Waals surface area contributed by atoms with Gasteiger partial charge in [-0.15, -0.1) is 0 Å². The molecule has 2 heterocycles. The number of rotatable bonds is 8. The number of hydrogen-bond donors (Lipinski definition) is 0. The summed E-state index contributed by atoms with van der Waals surface area (Å²) in [5.41, 5.74) is -0.379. The molecule has 136 valence electrons. The van der Waals surface area contributed by atoms with Gasteiger partial charge in [-0.25, -0.2) is 8.62 Å². The van der Waals surface area contributed by atoms with E-state index in [0.717, 1.165) is 0 Å². The first kappa shape index (κ1) is 20.6. The molecule has 0 saturated carbocycles. The van der Waals surface area contributed by atoms with Crippen LogP contribution in [0.1, 0.15) is 0 Å². The van der Waals surface area contributed by atoms with Crippen molar-refractivity contribution in [3.05, 3.63) is 0 Å². The molecular weight excluding hydrogens is 392 g/mol. The fourth-order valence-corrected chi connectivity index (χ4v) is 6.22. The van der Waals surface area contributed by atoms with Crippen LogP contribution in [0.25, 0.3) is 0 Å². The maximum Gasteiger partial charge on any atom is 0.339 e. The second-order valence-corrected chi connectivity index (χ2v) is 9.97. The lowest BCUT2D eigenvalue weighted by Gasteiger charge is -2.41. The van der Waals surface area contributed by atoms with Crippen LogP contribution in [0.3, 0.4) is 0 Å². The van der Waals surface area contributed by atoms with Gasteiger partial charge in [0, 0.05) is 28.4 Å². The first-order chi connectivity index (χ1) is 11.1. The monoisotopic (exact) mass is 412 g/mol. The Kier molecular flexibility index (Phi) is 9.39. The van der Waals surface area contributed by atoms with Gasteiger partial charge in [-0.05, 0) is 0 Å². The smallest absolute Gasteiger partial charge is 0.315 e. The second-order valence-electron chi connectivity index (χ2n) is 4.38. The van der Waals surface area contributed by atoms with Crippen molar-refractivity contribution in [2.24, 2.45) is 5.41 Å². The summed E-state index contributed by atoms with van der Waals surface area (Å²) in [4.78, 5) is 0. The average Bonchev–Trinajstić information content (AvgIpc) is 2.61. The predicted molar refractivity (Wildman–Crippen MR) is 84.1 cm³/mol. The minimum Gasteiger partial charge on any atom is -0.315 e. The molecule has 2 rings (SSSR count). The van der Waals surface area contributed by atoms with Crippen LogP contribution in [-0.4, -0.2) is 54.9 Å². The van der Waals surface area contributed by atoms with E-state index in [-0.39, 0.29) is 5.41 Å². The van der Waals surface area contributed by atoms with Crippen molar-refractivity contribution in [1.29, 1.82) is 0 Å². The van der Waals surface area contributed by atoms with Gasteiger partial charge in [0.2, 0.25) is 0 Å². The molecule has 0 radical (unpaired) electrons. The van der Waals surface area contributed by atoms with Gasteiger partial charge in [0.15, 0.2) is 0 Å². The molecule has 0 atom stereocenters. The molecular formula is C9H20O10P4. The van der Waals surface area contributed by atoms with Crippen molar-refractivity contribution in [3.63, 3.8) is 0 Å². The Morgan fingerprint density at radius 2 is 0.957 bits per heavy atom. The van der Waals surface area contributed by atoms with E-state index in [1.165, 1.54) is 28.4 Å². The maximum absolute atomic E-state index is 5.60. The van der Waals surface area contributed by atoms with Crippen molar-refractivity contribution in [2.45, 2.75) is 0 Å². The van der Waals surface area contributed by atoms with E-state index in [0.29, 0.717) is 26.4 Å². The van der Waals surface area contributed by atoms with Crippen molar-refractivity contribution in [3.8, 4) is 0 Å². The molecule has 0 N–H and O–H groups in total. The predicted octanol–water partition coefficient (Wildman–Crippen LogP) is 3.59. The van der Waals surface area contributed by atoms with Crippen molar-refractivity contribution < 1.29 is 44.8 Å². The Balaban J connectivity index is 1.73. The van der Waals surface area contributed by atoms with Crippen LogP contribution < -0.4 is 0 Å². The van der Waals surface area contributed by atoms with Gasteiger partial charge in [0.05, 0.1) is 31.8 Å². The van der Waals surface area contributed by atoms with Crippen molar-refractivity contribution in [2.75, 3.05) is 54.9 Å². The van der Waals surface area contributed by atoms with Gasteiger partial charge in [-0.2, -0.15) is 0 Å². The normalized spacial score (nSPS) is 32.1. The fraction of sp³-hybridized carbons (Fsp3) is 1.00. The molecule has 2 aliphatic heterocycles. The topological polar surface area (TPSA) is 92.3 Å². The first-order valence-corrected chi connectivity index (χ1v) is 10.8. The molecule has 10 nitrogen and oxygen atoms in total. The molecule has 0 amide bonds. The molecule has 0 aromatic rings. The molecule has 0 bridgehead atoms. The zero-order valence-corrected chi connectivity index (χ0v) is 16.8. The third-order valence-electron chi connectivity index (χ3n) is 2.77. The fourth-order valence-electron chi connectivity index (χ4n) is 1.57. The number of hydrogen-bond acceptors (Lipinski definition) is 10. The van der Waals surface area contributed by atoms with Gasteiger partial charge in [-0.3, -0.25) is 0 Å². The second kappa shape index (κ2) is 10.5. The first-order valence-electron chi connectivity index (χ1n) is 6.39. The molecule has 14 heteroatoms. The molecule has 2 fully saturated rings. The minimum absolute atomic E-state index is 0.379. The van der Waals surface area contributed by atoms with E-state index in [4.69, 9.17) is 44.8 Å². The van der Waals surface area contributed by atoms with Crippen LogP contribution in [0.15, 0.2) is 0 Å². The summed E-state index contributed by atoms with van der Waals surface area (Å²) in [6.07, 6.45) is 0. The Labute approximate surface area is 140 Å². The van der Waals surface area contributed by atoms with Crippen molar-refractivity contribution in [1.82, 2.24) is 0 Å². The van der Waals surface area contributed by atoms with Crippen molar-refractivity contribution >= 4 is 34.4 Å². The molecule has 0 aliphatic carbocycles. The van der Waals surface area contributed by atoms with Crippen LogP contribution in [0, 0.1) is 5.41 Å². The van der Waals surface area contributed by atoms with E-state index < -0.39 is 34.4 Å². The zero-order valence-electron chi connectivity index (χ0n) is 13.2. The molecule has 0 unspecified atom stereocenters. The lowest BCUT2D eigenvalue weighted by molar-refractivity contribution is -0.0681. The molecule has 23 heavy (non-hydrogen) atoms. The Hall–Kier alpha value is 1.32. The average molecular weight is 412 g/mol. The summed E-state index contributed by atoms with van der Waals surface area (Å²) in [6.45, 7) is 1.56. The molecule has 2 aliphatic rings. The third kappa shape index (κ3) is 6.21. The standard InChI is InChI=1S/C9H20O10P4/c1-10-20(11-2)18-22-14-5-9(6-15-22)7-16-23(17-8-9)19-21(12-3)13-4/h5-8H2,1-4H3. The highest BCUT2D eigenvalue weighted by atomic mass is 31.2. The highest BCUT2D eigenvalue weighted by Gasteiger charge is 2.45.